The number of hydrogen-bond donors (Lipinski definition) is 1. The summed E-state index contributed by atoms with van der Waals surface area (Å²) in [6, 6.07) is 8.28. The highest BCUT2D eigenvalue weighted by atomic mass is 32.2. The van der Waals surface area contributed by atoms with Crippen molar-refractivity contribution in [3.63, 3.8) is 0 Å². The fraction of sp³-hybridized carbons (Fsp3) is 0.400. The molecule has 3 rings (SSSR count). The Kier molecular flexibility index (Phi) is 3.41. The number of benzene rings is 1. The van der Waals surface area contributed by atoms with E-state index in [2.05, 4.69) is 23.2 Å². The number of nitrogen functional groups attached to an aromatic ring is 1. The van der Waals surface area contributed by atoms with Crippen LogP contribution in [0.3, 0.4) is 0 Å². The molecule has 94 valence electrons. The monoisotopic (exact) mass is 258 g/mol. The van der Waals surface area contributed by atoms with E-state index in [0.29, 0.717) is 0 Å². The van der Waals surface area contributed by atoms with E-state index in [1.807, 2.05) is 17.8 Å². The summed E-state index contributed by atoms with van der Waals surface area (Å²) >= 11 is 1.96. The van der Waals surface area contributed by atoms with Crippen LogP contribution in [0.1, 0.15) is 32.1 Å². The van der Waals surface area contributed by atoms with Gasteiger partial charge in [0.15, 0.2) is 0 Å². The van der Waals surface area contributed by atoms with Crippen molar-refractivity contribution in [1.82, 2.24) is 4.98 Å². The van der Waals surface area contributed by atoms with E-state index >= 15 is 0 Å². The first-order valence-corrected chi connectivity index (χ1v) is 7.52. The van der Waals surface area contributed by atoms with Gasteiger partial charge in [-0.15, -0.1) is 11.8 Å². The summed E-state index contributed by atoms with van der Waals surface area (Å²) in [6.07, 6.45) is 8.56. The molecule has 1 aromatic heterocycles. The lowest BCUT2D eigenvalue weighted by Crippen LogP contribution is -2.08. The second-order valence-corrected chi connectivity index (χ2v) is 6.25. The van der Waals surface area contributed by atoms with Crippen LogP contribution < -0.4 is 5.73 Å². The predicted molar refractivity (Wildman–Crippen MR) is 78.9 cm³/mol. The molecule has 1 aliphatic carbocycles. The first kappa shape index (κ1) is 11.8. The Morgan fingerprint density at radius 2 is 1.89 bits per heavy atom. The van der Waals surface area contributed by atoms with Gasteiger partial charge in [0.25, 0.3) is 0 Å². The van der Waals surface area contributed by atoms with E-state index in [4.69, 9.17) is 5.73 Å². The number of anilines is 1. The molecule has 0 unspecified atom stereocenters. The number of nitrogens with zero attached hydrogens (tertiary/aromatic N) is 1. The molecule has 2 nitrogen and oxygen atoms in total. The summed E-state index contributed by atoms with van der Waals surface area (Å²) in [6.45, 7) is 0. The van der Waals surface area contributed by atoms with Gasteiger partial charge in [-0.2, -0.15) is 0 Å². The number of fused-ring (bicyclic) bond motifs is 1. The van der Waals surface area contributed by atoms with Crippen molar-refractivity contribution in [2.24, 2.45) is 0 Å². The van der Waals surface area contributed by atoms with Crippen molar-refractivity contribution < 1.29 is 0 Å². The Hall–Kier alpha value is -1.22. The molecule has 0 amide bonds. The Balaban J connectivity index is 1.96. The van der Waals surface area contributed by atoms with E-state index in [1.54, 1.807) is 6.20 Å². The predicted octanol–water partition coefficient (Wildman–Crippen LogP) is 4.24. The molecule has 0 atom stereocenters. The van der Waals surface area contributed by atoms with Gasteiger partial charge < -0.3 is 5.73 Å². The highest BCUT2D eigenvalue weighted by molar-refractivity contribution is 8.00. The van der Waals surface area contributed by atoms with Crippen molar-refractivity contribution in [3.05, 3.63) is 30.5 Å². The van der Waals surface area contributed by atoms with E-state index in [0.717, 1.165) is 16.5 Å². The lowest BCUT2D eigenvalue weighted by molar-refractivity contribution is 0.516. The summed E-state index contributed by atoms with van der Waals surface area (Å²) in [5, 5.41) is 1.93. The Bertz CT molecular complexity index is 547. The zero-order valence-electron chi connectivity index (χ0n) is 10.4. The minimum Gasteiger partial charge on any atom is -0.397 e. The zero-order chi connectivity index (χ0) is 12.4. The fourth-order valence-corrected chi connectivity index (χ4v) is 4.00. The summed E-state index contributed by atoms with van der Waals surface area (Å²) < 4.78 is 0. The molecule has 0 bridgehead atoms. The van der Waals surface area contributed by atoms with Gasteiger partial charge in [-0.3, -0.25) is 4.98 Å². The third kappa shape index (κ3) is 2.32. The fourth-order valence-electron chi connectivity index (χ4n) is 2.61. The average Bonchev–Trinajstić information content (AvgIpc) is 2.43. The van der Waals surface area contributed by atoms with Gasteiger partial charge in [-0.1, -0.05) is 37.5 Å². The molecular formula is C15H18N2S. The highest BCUT2D eigenvalue weighted by Crippen LogP contribution is 2.39. The smallest absolute Gasteiger partial charge is 0.0714 e. The SMILES string of the molecule is Nc1cnc2ccccc2c1SC1CCCCC1. The number of pyridine rings is 1. The molecule has 2 N–H and O–H groups in total. The largest absolute Gasteiger partial charge is 0.397 e. The molecule has 18 heavy (non-hydrogen) atoms. The van der Waals surface area contributed by atoms with Crippen molar-refractivity contribution in [1.29, 1.82) is 0 Å². The first-order valence-electron chi connectivity index (χ1n) is 6.64. The molecule has 2 aromatic rings. The molecule has 1 aliphatic rings. The summed E-state index contributed by atoms with van der Waals surface area (Å²) in [5.41, 5.74) is 7.99. The summed E-state index contributed by atoms with van der Waals surface area (Å²) in [5.74, 6) is 0. The van der Waals surface area contributed by atoms with Crippen LogP contribution in [-0.2, 0) is 0 Å². The Morgan fingerprint density at radius 1 is 1.11 bits per heavy atom. The van der Waals surface area contributed by atoms with Crippen LogP contribution in [0.15, 0.2) is 35.4 Å². The van der Waals surface area contributed by atoms with Crippen molar-refractivity contribution >= 4 is 28.4 Å². The van der Waals surface area contributed by atoms with Crippen molar-refractivity contribution in [3.8, 4) is 0 Å². The Labute approximate surface area is 112 Å². The third-order valence-electron chi connectivity index (χ3n) is 3.59. The standard InChI is InChI=1S/C15H18N2S/c16-13-10-17-14-9-5-4-8-12(14)15(13)18-11-6-2-1-3-7-11/h4-5,8-11H,1-3,6-7,16H2. The summed E-state index contributed by atoms with van der Waals surface area (Å²) in [4.78, 5) is 5.63. The van der Waals surface area contributed by atoms with Crippen LogP contribution >= 0.6 is 11.8 Å². The molecule has 0 aliphatic heterocycles. The summed E-state index contributed by atoms with van der Waals surface area (Å²) in [7, 11) is 0. The maximum Gasteiger partial charge on any atom is 0.0714 e. The molecule has 0 spiro atoms. The van der Waals surface area contributed by atoms with Crippen LogP contribution in [-0.4, -0.2) is 10.2 Å². The molecule has 1 saturated carbocycles. The van der Waals surface area contributed by atoms with Crippen LogP contribution in [0.4, 0.5) is 5.69 Å². The van der Waals surface area contributed by atoms with Gasteiger partial charge >= 0.3 is 0 Å². The van der Waals surface area contributed by atoms with Crippen molar-refractivity contribution in [2.45, 2.75) is 42.2 Å². The second kappa shape index (κ2) is 5.19. The lowest BCUT2D eigenvalue weighted by atomic mass is 10.0. The molecule has 1 heterocycles. The maximum atomic E-state index is 6.12. The number of thioether (sulfide) groups is 1. The third-order valence-corrected chi connectivity index (χ3v) is 5.09. The minimum absolute atomic E-state index is 0.729. The Morgan fingerprint density at radius 3 is 2.72 bits per heavy atom. The molecule has 3 heteroatoms. The number of para-hydroxylation sites is 1. The number of rotatable bonds is 2. The minimum atomic E-state index is 0.729. The van der Waals surface area contributed by atoms with Gasteiger partial charge in [0.1, 0.15) is 0 Å². The van der Waals surface area contributed by atoms with Crippen LogP contribution in [0.25, 0.3) is 10.9 Å². The zero-order valence-corrected chi connectivity index (χ0v) is 11.2. The molecule has 0 saturated heterocycles. The van der Waals surface area contributed by atoms with Gasteiger partial charge in [0.2, 0.25) is 0 Å². The quantitative estimate of drug-likeness (QED) is 0.875. The number of nitrogens with two attached hydrogens (primary N) is 1. The topological polar surface area (TPSA) is 38.9 Å². The highest BCUT2D eigenvalue weighted by Gasteiger charge is 2.17. The number of aromatic nitrogens is 1. The van der Waals surface area contributed by atoms with E-state index < -0.39 is 0 Å². The van der Waals surface area contributed by atoms with Gasteiger partial charge in [0, 0.05) is 15.5 Å². The van der Waals surface area contributed by atoms with Crippen molar-refractivity contribution in [2.75, 3.05) is 5.73 Å². The van der Waals surface area contributed by atoms with E-state index in [1.165, 1.54) is 42.4 Å². The molecular weight excluding hydrogens is 240 g/mol. The van der Waals surface area contributed by atoms with Crippen LogP contribution in [0, 0.1) is 0 Å². The number of hydrogen-bond acceptors (Lipinski definition) is 3. The van der Waals surface area contributed by atoms with Crippen LogP contribution in [0.2, 0.25) is 0 Å². The van der Waals surface area contributed by atoms with E-state index in [9.17, 15) is 0 Å². The molecule has 0 radical (unpaired) electrons. The van der Waals surface area contributed by atoms with Gasteiger partial charge in [-0.05, 0) is 18.9 Å². The van der Waals surface area contributed by atoms with Gasteiger partial charge in [-0.25, -0.2) is 0 Å². The van der Waals surface area contributed by atoms with Gasteiger partial charge in [0.05, 0.1) is 17.4 Å². The second-order valence-electron chi connectivity index (χ2n) is 4.94. The normalized spacial score (nSPS) is 17.1. The van der Waals surface area contributed by atoms with Crippen LogP contribution in [0.5, 0.6) is 0 Å². The maximum absolute atomic E-state index is 6.12. The van der Waals surface area contributed by atoms with E-state index in [-0.39, 0.29) is 0 Å². The molecule has 1 aromatic carbocycles. The first-order chi connectivity index (χ1) is 8.84. The molecule has 1 fully saturated rings. The lowest BCUT2D eigenvalue weighted by Gasteiger charge is -2.22. The average molecular weight is 258 g/mol.